The highest BCUT2D eigenvalue weighted by Crippen LogP contribution is 2.39. The molecule has 0 radical (unpaired) electrons. The van der Waals surface area contributed by atoms with Crippen molar-refractivity contribution in [2.45, 2.75) is 32.3 Å². The van der Waals surface area contributed by atoms with Crippen molar-refractivity contribution in [1.82, 2.24) is 4.98 Å². The van der Waals surface area contributed by atoms with Crippen LogP contribution in [0.25, 0.3) is 10.6 Å². The van der Waals surface area contributed by atoms with E-state index in [-0.39, 0.29) is 6.10 Å². The van der Waals surface area contributed by atoms with Gasteiger partial charge < -0.3 is 10.0 Å². The molecule has 1 aromatic heterocycles. The van der Waals surface area contributed by atoms with Gasteiger partial charge in [-0.15, -0.1) is 11.3 Å². The normalized spacial score (nSPS) is 17.9. The number of benzene rings is 1. The second-order valence-corrected chi connectivity index (χ2v) is 6.66. The largest absolute Gasteiger partial charge is 0.388 e. The summed E-state index contributed by atoms with van der Waals surface area (Å²) in [6.45, 7) is 2.12. The Morgan fingerprint density at radius 1 is 1.35 bits per heavy atom. The second kappa shape index (κ2) is 5.19. The Kier molecular flexibility index (Phi) is 3.52. The highest BCUT2D eigenvalue weighted by Gasteiger charge is 2.23. The Labute approximate surface area is 123 Å². The third-order valence-corrected chi connectivity index (χ3v) is 5.11. The van der Waals surface area contributed by atoms with Crippen LogP contribution in [0.1, 0.15) is 35.1 Å². The molecule has 0 saturated carbocycles. The first-order chi connectivity index (χ1) is 9.56. The Balaban J connectivity index is 2.01. The maximum atomic E-state index is 10.1. The lowest BCUT2D eigenvalue weighted by Crippen LogP contribution is -2.08. The van der Waals surface area contributed by atoms with Gasteiger partial charge in [0.2, 0.25) is 0 Å². The van der Waals surface area contributed by atoms with Crippen LogP contribution in [0.5, 0.6) is 0 Å². The van der Waals surface area contributed by atoms with Gasteiger partial charge in [0.1, 0.15) is 5.01 Å². The topological polar surface area (TPSA) is 36.4 Å². The quantitative estimate of drug-likeness (QED) is 0.918. The summed E-state index contributed by atoms with van der Waals surface area (Å²) in [5.74, 6) is 0. The number of aliphatic hydroxyl groups excluding tert-OH is 1. The van der Waals surface area contributed by atoms with Crippen molar-refractivity contribution in [1.29, 1.82) is 0 Å². The number of aliphatic hydroxyl groups is 1. The van der Waals surface area contributed by atoms with Gasteiger partial charge in [-0.1, -0.05) is 0 Å². The molecule has 3 nitrogen and oxygen atoms in total. The number of aromatic nitrogens is 1. The van der Waals surface area contributed by atoms with Crippen LogP contribution in [0.2, 0.25) is 0 Å². The second-order valence-electron chi connectivity index (χ2n) is 5.63. The van der Waals surface area contributed by atoms with Crippen molar-refractivity contribution in [3.63, 3.8) is 0 Å². The Morgan fingerprint density at radius 3 is 2.80 bits per heavy atom. The number of rotatable bonds is 2. The predicted molar refractivity (Wildman–Crippen MR) is 84.5 cm³/mol. The number of thiazole rings is 1. The van der Waals surface area contributed by atoms with E-state index in [1.165, 1.54) is 16.8 Å². The van der Waals surface area contributed by atoms with Crippen LogP contribution in [0.3, 0.4) is 0 Å². The van der Waals surface area contributed by atoms with Crippen molar-refractivity contribution >= 4 is 17.0 Å². The third kappa shape index (κ3) is 2.34. The molecule has 1 atom stereocenters. The monoisotopic (exact) mass is 288 g/mol. The first-order valence-electron chi connectivity index (χ1n) is 7.02. The minimum Gasteiger partial charge on any atom is -0.388 e. The van der Waals surface area contributed by atoms with Crippen molar-refractivity contribution in [2.24, 2.45) is 0 Å². The lowest BCUT2D eigenvalue weighted by molar-refractivity contribution is 0.160. The van der Waals surface area contributed by atoms with Gasteiger partial charge in [0.25, 0.3) is 0 Å². The molecule has 1 N–H and O–H groups in total. The molecule has 1 aliphatic carbocycles. The van der Waals surface area contributed by atoms with Crippen LogP contribution >= 0.6 is 11.3 Å². The molecule has 4 heteroatoms. The fourth-order valence-corrected chi connectivity index (χ4v) is 3.90. The van der Waals surface area contributed by atoms with Crippen molar-refractivity contribution < 1.29 is 5.11 Å². The molecule has 0 fully saturated rings. The van der Waals surface area contributed by atoms with Crippen molar-refractivity contribution in [3.8, 4) is 10.6 Å². The highest BCUT2D eigenvalue weighted by atomic mass is 32.1. The van der Waals surface area contributed by atoms with E-state index in [0.29, 0.717) is 0 Å². The van der Waals surface area contributed by atoms with Gasteiger partial charge in [-0.25, -0.2) is 4.98 Å². The molecule has 0 spiro atoms. The lowest BCUT2D eigenvalue weighted by atomic mass is 10.0. The third-order valence-electron chi connectivity index (χ3n) is 3.88. The minimum absolute atomic E-state index is 0.314. The van der Waals surface area contributed by atoms with E-state index in [1.807, 2.05) is 14.1 Å². The minimum atomic E-state index is -0.314. The maximum absolute atomic E-state index is 10.1. The molecule has 0 bridgehead atoms. The van der Waals surface area contributed by atoms with Crippen LogP contribution in [-0.2, 0) is 6.42 Å². The lowest BCUT2D eigenvalue weighted by Gasteiger charge is -2.14. The molecule has 0 aliphatic heterocycles. The molecule has 1 heterocycles. The summed E-state index contributed by atoms with van der Waals surface area (Å²) in [4.78, 5) is 7.93. The van der Waals surface area contributed by atoms with Gasteiger partial charge >= 0.3 is 0 Å². The Morgan fingerprint density at radius 2 is 2.15 bits per heavy atom. The molecular formula is C16H20N2OS. The molecule has 1 aromatic carbocycles. The molecule has 20 heavy (non-hydrogen) atoms. The van der Waals surface area contributed by atoms with E-state index in [1.54, 1.807) is 11.3 Å². The molecule has 3 rings (SSSR count). The van der Waals surface area contributed by atoms with E-state index < -0.39 is 0 Å². The van der Waals surface area contributed by atoms with Gasteiger partial charge in [0.15, 0.2) is 0 Å². The number of hydrogen-bond acceptors (Lipinski definition) is 4. The van der Waals surface area contributed by atoms with Gasteiger partial charge in [-0.2, -0.15) is 0 Å². The zero-order valence-corrected chi connectivity index (χ0v) is 13.0. The van der Waals surface area contributed by atoms with Crippen molar-refractivity contribution in [2.75, 3.05) is 19.0 Å². The van der Waals surface area contributed by atoms with E-state index in [9.17, 15) is 5.11 Å². The van der Waals surface area contributed by atoms with Crippen LogP contribution in [0, 0.1) is 6.92 Å². The molecule has 0 amide bonds. The summed E-state index contributed by atoms with van der Waals surface area (Å²) >= 11 is 1.65. The predicted octanol–water partition coefficient (Wildman–Crippen LogP) is 3.55. The van der Waals surface area contributed by atoms with E-state index in [0.717, 1.165) is 34.8 Å². The molecule has 1 aliphatic rings. The fourth-order valence-electron chi connectivity index (χ4n) is 2.68. The van der Waals surface area contributed by atoms with Gasteiger partial charge in [0, 0.05) is 25.3 Å². The van der Waals surface area contributed by atoms with Gasteiger partial charge in [0.05, 0.1) is 16.7 Å². The molecule has 106 valence electrons. The molecule has 2 aromatic rings. The highest BCUT2D eigenvalue weighted by molar-refractivity contribution is 7.15. The molecule has 0 saturated heterocycles. The summed E-state index contributed by atoms with van der Waals surface area (Å²) in [5, 5.41) is 11.1. The standard InChI is InChI=1S/C16H20N2OS/c1-10-9-11(18(2)3)7-8-12(10)16-17-13-5-4-6-14(19)15(13)20-16/h7-9,14,19H,4-6H2,1-3H3. The average Bonchev–Trinajstić information content (AvgIpc) is 2.83. The summed E-state index contributed by atoms with van der Waals surface area (Å²) in [6.07, 6.45) is 2.59. The number of fused-ring (bicyclic) bond motifs is 1. The average molecular weight is 288 g/mol. The summed E-state index contributed by atoms with van der Waals surface area (Å²) in [5.41, 5.74) is 4.71. The van der Waals surface area contributed by atoms with E-state index in [2.05, 4.69) is 30.0 Å². The summed E-state index contributed by atoms with van der Waals surface area (Å²) in [7, 11) is 4.10. The van der Waals surface area contributed by atoms with E-state index >= 15 is 0 Å². The maximum Gasteiger partial charge on any atom is 0.124 e. The molecule has 1 unspecified atom stereocenters. The fraction of sp³-hybridized carbons (Fsp3) is 0.438. The first kappa shape index (κ1) is 13.6. The number of anilines is 1. The van der Waals surface area contributed by atoms with Gasteiger partial charge in [-0.3, -0.25) is 0 Å². The summed E-state index contributed by atoms with van der Waals surface area (Å²) < 4.78 is 0. The number of nitrogens with zero attached hydrogens (tertiary/aromatic N) is 2. The zero-order chi connectivity index (χ0) is 14.3. The number of aryl methyl sites for hydroxylation is 2. The Hall–Kier alpha value is -1.39. The Bertz CT molecular complexity index is 633. The van der Waals surface area contributed by atoms with Crippen LogP contribution < -0.4 is 4.90 Å². The van der Waals surface area contributed by atoms with Crippen LogP contribution in [0.4, 0.5) is 5.69 Å². The van der Waals surface area contributed by atoms with Crippen LogP contribution in [-0.4, -0.2) is 24.2 Å². The SMILES string of the molecule is Cc1cc(N(C)C)ccc1-c1nc2c(s1)C(O)CCC2. The molecular weight excluding hydrogens is 268 g/mol. The van der Waals surface area contributed by atoms with E-state index in [4.69, 9.17) is 4.98 Å². The van der Waals surface area contributed by atoms with Gasteiger partial charge in [-0.05, 0) is 49.9 Å². The summed E-state index contributed by atoms with van der Waals surface area (Å²) in [6, 6.07) is 6.45. The first-order valence-corrected chi connectivity index (χ1v) is 7.84. The van der Waals surface area contributed by atoms with Crippen LogP contribution in [0.15, 0.2) is 18.2 Å². The zero-order valence-electron chi connectivity index (χ0n) is 12.2. The smallest absolute Gasteiger partial charge is 0.124 e. The number of hydrogen-bond donors (Lipinski definition) is 1. The van der Waals surface area contributed by atoms with Crippen molar-refractivity contribution in [3.05, 3.63) is 34.3 Å².